The Balaban J connectivity index is 1.88. The van der Waals surface area contributed by atoms with E-state index in [0.29, 0.717) is 23.2 Å². The number of anilines is 4. The molecule has 0 saturated heterocycles. The molecule has 0 spiro atoms. The van der Waals surface area contributed by atoms with Crippen molar-refractivity contribution in [2.75, 3.05) is 17.7 Å². The second-order valence-electron chi connectivity index (χ2n) is 5.15. The maximum Gasteiger partial charge on any atom is 0.229 e. The Morgan fingerprint density at radius 2 is 1.62 bits per heavy atom. The van der Waals surface area contributed by atoms with Crippen molar-refractivity contribution in [2.45, 2.75) is 6.92 Å². The normalized spacial score (nSPS) is 10.3. The zero-order valence-electron chi connectivity index (χ0n) is 13.4. The summed E-state index contributed by atoms with van der Waals surface area (Å²) in [6.45, 7) is 1.85. The number of aryl methyl sites for hydroxylation is 1. The van der Waals surface area contributed by atoms with Gasteiger partial charge in [0, 0.05) is 11.8 Å². The van der Waals surface area contributed by atoms with Crippen LogP contribution in [-0.4, -0.2) is 17.1 Å². The number of nitrogens with one attached hydrogen (secondary N) is 2. The molecule has 2 N–H and O–H groups in total. The average molecular weight is 324 g/mol. The summed E-state index contributed by atoms with van der Waals surface area (Å²) in [5.74, 6) is 1.25. The molecule has 3 rings (SSSR count). The monoisotopic (exact) mass is 324 g/mol. The van der Waals surface area contributed by atoms with Gasteiger partial charge in [0.2, 0.25) is 5.95 Å². The van der Waals surface area contributed by atoms with Crippen LogP contribution in [0.3, 0.4) is 0 Å². The standard InChI is InChI=1S/C18H17FN4O/c1-12-11-17(21-14-8-4-3-7-13(14)19)23-18(20-12)22-15-9-5-6-10-16(15)24-2/h3-11H,1-2H3,(H2,20,21,22,23). The first-order valence-corrected chi connectivity index (χ1v) is 7.43. The maximum absolute atomic E-state index is 13.8. The molecule has 1 heterocycles. The summed E-state index contributed by atoms with van der Waals surface area (Å²) in [5, 5.41) is 6.09. The first kappa shape index (κ1) is 15.7. The van der Waals surface area contributed by atoms with E-state index >= 15 is 0 Å². The minimum absolute atomic E-state index is 0.340. The topological polar surface area (TPSA) is 59.1 Å². The number of rotatable bonds is 5. The number of benzene rings is 2. The van der Waals surface area contributed by atoms with Gasteiger partial charge in [-0.3, -0.25) is 0 Å². The Morgan fingerprint density at radius 3 is 2.38 bits per heavy atom. The van der Waals surface area contributed by atoms with Gasteiger partial charge in [-0.1, -0.05) is 24.3 Å². The van der Waals surface area contributed by atoms with Gasteiger partial charge in [-0.15, -0.1) is 0 Å². The van der Waals surface area contributed by atoms with Gasteiger partial charge in [0.1, 0.15) is 17.4 Å². The summed E-state index contributed by atoms with van der Waals surface area (Å²) in [6, 6.07) is 15.7. The number of methoxy groups -OCH3 is 1. The highest BCUT2D eigenvalue weighted by atomic mass is 19.1. The van der Waals surface area contributed by atoms with Crippen LogP contribution in [0.2, 0.25) is 0 Å². The molecule has 0 saturated carbocycles. The molecule has 0 aliphatic rings. The van der Waals surface area contributed by atoms with Crippen molar-refractivity contribution >= 4 is 23.1 Å². The third-order valence-electron chi connectivity index (χ3n) is 3.34. The van der Waals surface area contributed by atoms with Gasteiger partial charge < -0.3 is 15.4 Å². The van der Waals surface area contributed by atoms with Crippen LogP contribution in [-0.2, 0) is 0 Å². The highest BCUT2D eigenvalue weighted by Crippen LogP contribution is 2.26. The van der Waals surface area contributed by atoms with Gasteiger partial charge in [0.05, 0.1) is 18.5 Å². The fourth-order valence-corrected chi connectivity index (χ4v) is 2.26. The summed E-state index contributed by atoms with van der Waals surface area (Å²) in [6.07, 6.45) is 0. The van der Waals surface area contributed by atoms with Crippen molar-refractivity contribution in [2.24, 2.45) is 0 Å². The molecule has 3 aromatic rings. The lowest BCUT2D eigenvalue weighted by Gasteiger charge is -2.12. The SMILES string of the molecule is COc1ccccc1Nc1nc(C)cc(Nc2ccccc2F)n1. The predicted octanol–water partition coefficient (Wildman–Crippen LogP) is 4.42. The van der Waals surface area contributed by atoms with Crippen LogP contribution in [0.1, 0.15) is 5.69 Å². The number of hydrogen-bond acceptors (Lipinski definition) is 5. The minimum atomic E-state index is -0.340. The van der Waals surface area contributed by atoms with Crippen molar-refractivity contribution in [3.63, 3.8) is 0 Å². The lowest BCUT2D eigenvalue weighted by molar-refractivity contribution is 0.417. The van der Waals surface area contributed by atoms with E-state index in [9.17, 15) is 4.39 Å². The van der Waals surface area contributed by atoms with E-state index in [1.54, 1.807) is 31.4 Å². The van der Waals surface area contributed by atoms with E-state index in [1.165, 1.54) is 6.07 Å². The number of hydrogen-bond donors (Lipinski definition) is 2. The molecule has 122 valence electrons. The summed E-state index contributed by atoms with van der Waals surface area (Å²) >= 11 is 0. The van der Waals surface area contributed by atoms with Crippen molar-refractivity contribution in [1.82, 2.24) is 9.97 Å². The zero-order valence-corrected chi connectivity index (χ0v) is 13.4. The van der Waals surface area contributed by atoms with E-state index in [2.05, 4.69) is 20.6 Å². The van der Waals surface area contributed by atoms with Crippen LogP contribution < -0.4 is 15.4 Å². The molecule has 2 aromatic carbocycles. The van der Waals surface area contributed by atoms with E-state index < -0.39 is 0 Å². The number of para-hydroxylation sites is 3. The summed E-state index contributed by atoms with van der Waals surface area (Å²) in [7, 11) is 1.60. The highest BCUT2D eigenvalue weighted by molar-refractivity contribution is 5.64. The number of ether oxygens (including phenoxy) is 1. The van der Waals surface area contributed by atoms with Gasteiger partial charge in [-0.05, 0) is 31.2 Å². The second-order valence-corrected chi connectivity index (χ2v) is 5.15. The van der Waals surface area contributed by atoms with Gasteiger partial charge in [-0.2, -0.15) is 4.98 Å². The average Bonchev–Trinajstić information content (AvgIpc) is 2.57. The van der Waals surface area contributed by atoms with Crippen molar-refractivity contribution in [3.8, 4) is 5.75 Å². The van der Waals surface area contributed by atoms with Crippen LogP contribution in [0.5, 0.6) is 5.75 Å². The smallest absolute Gasteiger partial charge is 0.229 e. The first-order valence-electron chi connectivity index (χ1n) is 7.43. The Bertz CT molecular complexity index is 854. The molecule has 0 bridgehead atoms. The van der Waals surface area contributed by atoms with Gasteiger partial charge in [-0.25, -0.2) is 9.37 Å². The molecule has 0 fully saturated rings. The Hall–Kier alpha value is -3.15. The van der Waals surface area contributed by atoms with Crippen molar-refractivity contribution < 1.29 is 9.13 Å². The third kappa shape index (κ3) is 3.60. The van der Waals surface area contributed by atoms with Gasteiger partial charge in [0.25, 0.3) is 0 Å². The molecule has 24 heavy (non-hydrogen) atoms. The molecular weight excluding hydrogens is 307 g/mol. The van der Waals surface area contributed by atoms with E-state index in [-0.39, 0.29) is 5.82 Å². The molecule has 0 unspecified atom stereocenters. The zero-order chi connectivity index (χ0) is 16.9. The van der Waals surface area contributed by atoms with Gasteiger partial charge >= 0.3 is 0 Å². The largest absolute Gasteiger partial charge is 0.495 e. The minimum Gasteiger partial charge on any atom is -0.495 e. The number of nitrogens with zero attached hydrogens (tertiary/aromatic N) is 2. The van der Waals surface area contributed by atoms with Crippen molar-refractivity contribution in [3.05, 3.63) is 66.1 Å². The Morgan fingerprint density at radius 1 is 0.917 bits per heavy atom. The van der Waals surface area contributed by atoms with Crippen molar-refractivity contribution in [1.29, 1.82) is 0 Å². The van der Waals surface area contributed by atoms with Crippen LogP contribution in [0.4, 0.5) is 27.5 Å². The molecule has 0 atom stereocenters. The Kier molecular flexibility index (Phi) is 4.56. The predicted molar refractivity (Wildman–Crippen MR) is 92.7 cm³/mol. The van der Waals surface area contributed by atoms with Crippen LogP contribution in [0.15, 0.2) is 54.6 Å². The van der Waals surface area contributed by atoms with E-state index in [0.717, 1.165) is 11.4 Å². The highest BCUT2D eigenvalue weighted by Gasteiger charge is 2.08. The fraction of sp³-hybridized carbons (Fsp3) is 0.111. The summed E-state index contributed by atoms with van der Waals surface area (Å²) in [5.41, 5.74) is 1.86. The molecule has 5 nitrogen and oxygen atoms in total. The number of aromatic nitrogens is 2. The molecule has 1 aromatic heterocycles. The second kappa shape index (κ2) is 6.95. The molecular formula is C18H17FN4O. The van der Waals surface area contributed by atoms with Crippen LogP contribution >= 0.6 is 0 Å². The lowest BCUT2D eigenvalue weighted by Crippen LogP contribution is -2.04. The molecule has 0 radical (unpaired) electrons. The summed E-state index contributed by atoms with van der Waals surface area (Å²) in [4.78, 5) is 8.74. The first-order chi connectivity index (χ1) is 11.7. The van der Waals surface area contributed by atoms with Crippen LogP contribution in [0, 0.1) is 12.7 Å². The van der Waals surface area contributed by atoms with E-state index in [1.807, 2.05) is 31.2 Å². The fourth-order valence-electron chi connectivity index (χ4n) is 2.26. The van der Waals surface area contributed by atoms with Gasteiger partial charge in [0.15, 0.2) is 0 Å². The lowest BCUT2D eigenvalue weighted by atomic mass is 10.3. The molecule has 0 aliphatic carbocycles. The third-order valence-corrected chi connectivity index (χ3v) is 3.34. The molecule has 6 heteroatoms. The Labute approximate surface area is 139 Å². The maximum atomic E-state index is 13.8. The molecule has 0 aliphatic heterocycles. The summed E-state index contributed by atoms with van der Waals surface area (Å²) < 4.78 is 19.1. The number of halogens is 1. The molecule has 0 amide bonds. The van der Waals surface area contributed by atoms with Crippen LogP contribution in [0.25, 0.3) is 0 Å². The van der Waals surface area contributed by atoms with E-state index in [4.69, 9.17) is 4.74 Å². The quantitative estimate of drug-likeness (QED) is 0.727.